The van der Waals surface area contributed by atoms with E-state index in [4.69, 9.17) is 44.5 Å². The highest BCUT2D eigenvalue weighted by Crippen LogP contribution is 2.33. The third-order valence-corrected chi connectivity index (χ3v) is 10.3. The summed E-state index contributed by atoms with van der Waals surface area (Å²) in [7, 11) is 1.50. The number of carbonyl (C=O) groups excluding carboxylic acids is 1. The maximum absolute atomic E-state index is 12.8. The Kier molecular flexibility index (Phi) is 11.4. The number of aromatic carboxylic acids is 1. The number of hydrogen-bond donors (Lipinski definition) is 4. The Hall–Kier alpha value is -9.16. The minimum atomic E-state index is -1.18. The average Bonchev–Trinajstić information content (AvgIpc) is 3.89. The van der Waals surface area contributed by atoms with E-state index < -0.39 is 5.97 Å². The highest BCUT2D eigenvalue weighted by Gasteiger charge is 2.25. The van der Waals surface area contributed by atoms with Gasteiger partial charge in [-0.2, -0.15) is 20.5 Å². The Morgan fingerprint density at radius 3 is 1.91 bits per heavy atom. The van der Waals surface area contributed by atoms with Gasteiger partial charge in [0.25, 0.3) is 5.91 Å². The van der Waals surface area contributed by atoms with Crippen LogP contribution in [0, 0.1) is 22.7 Å². The van der Waals surface area contributed by atoms with Crippen molar-refractivity contribution in [3.8, 4) is 57.4 Å². The van der Waals surface area contributed by atoms with E-state index in [1.165, 1.54) is 13.2 Å². The molecule has 65 heavy (non-hydrogen) atoms. The maximum atomic E-state index is 12.8. The van der Waals surface area contributed by atoms with Gasteiger partial charge in [0.2, 0.25) is 11.9 Å². The third kappa shape index (κ3) is 9.22. The Morgan fingerprint density at radius 1 is 0.723 bits per heavy atom. The first-order valence-corrected chi connectivity index (χ1v) is 20.2. The molecule has 0 spiro atoms. The van der Waals surface area contributed by atoms with Gasteiger partial charge in [-0.05, 0) is 90.7 Å². The second-order valence-corrected chi connectivity index (χ2v) is 14.8. The van der Waals surface area contributed by atoms with Crippen LogP contribution in [0.15, 0.2) is 116 Å². The first-order chi connectivity index (χ1) is 31.7. The number of nitrogens with zero attached hydrogens (tertiary/aromatic N) is 8. The minimum Gasteiger partial charge on any atom is -0.496 e. The number of pyridine rings is 2. The standard InChI is InChI=1S/C47H37N11O7/c1-62-40-24-32(10-16-37(40)44(59)50-31-8-9-31)51-47-54-43-39(30-6-14-35(15-7-30)64-22-19-49)23-28(26-58(43)56-47)27-65-41-25-33(11-17-38(41)45(60)61)52-46-53-42-36(3-2-20-57(42)55-46)29-4-12-34(13-5-29)63-21-18-48/h2-7,10-17,20,23-26,31H,8-9,21-22,27H2,1H3,(H,50,59)(H,51,56)(H,52,55)(H,60,61). The number of aromatic nitrogens is 6. The fourth-order valence-electron chi connectivity index (χ4n) is 7.03. The molecule has 18 nitrogen and oxygen atoms in total. The predicted molar refractivity (Wildman–Crippen MR) is 237 cm³/mol. The van der Waals surface area contributed by atoms with Crippen LogP contribution in [0.5, 0.6) is 23.0 Å². The molecule has 0 radical (unpaired) electrons. The number of anilines is 4. The Labute approximate surface area is 370 Å². The molecule has 1 aliphatic rings. The molecule has 0 bridgehead atoms. The largest absolute Gasteiger partial charge is 0.496 e. The summed E-state index contributed by atoms with van der Waals surface area (Å²) in [5.74, 6) is 0.714. The summed E-state index contributed by atoms with van der Waals surface area (Å²) >= 11 is 0. The van der Waals surface area contributed by atoms with Gasteiger partial charge in [-0.3, -0.25) is 4.79 Å². The van der Waals surface area contributed by atoms with Crippen LogP contribution in [0.1, 0.15) is 39.1 Å². The molecule has 1 saturated carbocycles. The van der Waals surface area contributed by atoms with Crippen LogP contribution < -0.4 is 34.9 Å². The van der Waals surface area contributed by atoms with Crippen LogP contribution in [0.2, 0.25) is 0 Å². The molecule has 8 aromatic rings. The zero-order valence-electron chi connectivity index (χ0n) is 34.6. The highest BCUT2D eigenvalue weighted by molar-refractivity contribution is 5.98. The monoisotopic (exact) mass is 867 g/mol. The second-order valence-electron chi connectivity index (χ2n) is 14.8. The number of ether oxygens (including phenoxy) is 4. The molecule has 1 amide bonds. The van der Waals surface area contributed by atoms with E-state index in [1.807, 2.05) is 54.6 Å². The number of carboxylic acids is 1. The van der Waals surface area contributed by atoms with E-state index >= 15 is 0 Å². The van der Waals surface area contributed by atoms with Crippen molar-refractivity contribution in [1.29, 1.82) is 10.5 Å². The summed E-state index contributed by atoms with van der Waals surface area (Å²) < 4.78 is 25.9. The molecule has 4 heterocycles. The van der Waals surface area contributed by atoms with Gasteiger partial charge in [0.05, 0.1) is 12.7 Å². The number of carboxylic acid groups (broad SMARTS) is 1. The lowest BCUT2D eigenvalue weighted by Crippen LogP contribution is -2.25. The molecule has 322 valence electrons. The van der Waals surface area contributed by atoms with E-state index in [0.29, 0.717) is 56.6 Å². The zero-order chi connectivity index (χ0) is 44.9. The van der Waals surface area contributed by atoms with Crippen LogP contribution in [-0.4, -0.2) is 72.5 Å². The lowest BCUT2D eigenvalue weighted by Gasteiger charge is -2.13. The number of carbonyl (C=O) groups is 2. The number of fused-ring (bicyclic) bond motifs is 2. The molecule has 4 N–H and O–H groups in total. The first-order valence-electron chi connectivity index (χ1n) is 20.2. The number of methoxy groups -OCH3 is 1. The van der Waals surface area contributed by atoms with E-state index in [2.05, 4.69) is 21.0 Å². The molecule has 1 fully saturated rings. The molecule has 4 aromatic carbocycles. The topological polar surface area (TPSA) is 235 Å². The second kappa shape index (κ2) is 18.1. The van der Waals surface area contributed by atoms with E-state index in [9.17, 15) is 14.7 Å². The van der Waals surface area contributed by atoms with Gasteiger partial charge in [-0.25, -0.2) is 13.8 Å². The first kappa shape index (κ1) is 41.2. The van der Waals surface area contributed by atoms with Crippen molar-refractivity contribution in [3.05, 3.63) is 132 Å². The average molecular weight is 868 g/mol. The summed E-state index contributed by atoms with van der Waals surface area (Å²) in [6.45, 7) is -0.213. The van der Waals surface area contributed by atoms with Gasteiger partial charge < -0.3 is 40.0 Å². The lowest BCUT2D eigenvalue weighted by atomic mass is 10.1. The van der Waals surface area contributed by atoms with Crippen molar-refractivity contribution in [2.75, 3.05) is 31.0 Å². The van der Waals surface area contributed by atoms with Gasteiger partial charge in [0, 0.05) is 58.6 Å². The quantitative estimate of drug-likeness (QED) is 0.0690. The summed E-state index contributed by atoms with van der Waals surface area (Å²) in [4.78, 5) is 34.8. The van der Waals surface area contributed by atoms with Crippen LogP contribution in [-0.2, 0) is 6.61 Å². The molecular weight excluding hydrogens is 831 g/mol. The molecule has 0 aliphatic heterocycles. The van der Waals surface area contributed by atoms with Crippen molar-refractivity contribution < 1.29 is 33.6 Å². The van der Waals surface area contributed by atoms with Gasteiger partial charge in [-0.15, -0.1) is 10.2 Å². The van der Waals surface area contributed by atoms with Gasteiger partial charge in [0.15, 0.2) is 24.5 Å². The fourth-order valence-corrected chi connectivity index (χ4v) is 7.03. The van der Waals surface area contributed by atoms with E-state index in [1.54, 1.807) is 76.0 Å². The van der Waals surface area contributed by atoms with Crippen LogP contribution in [0.4, 0.5) is 23.3 Å². The molecule has 0 saturated heterocycles. The number of benzene rings is 4. The van der Waals surface area contributed by atoms with Crippen molar-refractivity contribution >= 4 is 46.4 Å². The van der Waals surface area contributed by atoms with E-state index in [-0.39, 0.29) is 55.0 Å². The maximum Gasteiger partial charge on any atom is 0.339 e. The number of rotatable bonds is 17. The van der Waals surface area contributed by atoms with Crippen LogP contribution in [0.3, 0.4) is 0 Å². The SMILES string of the molecule is COc1cc(Nc2nc3c(-c4ccc(OCC#N)cc4)cc(COc4cc(Nc5nc6c(-c7ccc(OCC#N)cc7)cccn6n5)ccc4C(=O)O)cn3n2)ccc1C(=O)NC1CC1. The summed E-state index contributed by atoms with van der Waals surface area (Å²) in [5, 5.41) is 46.7. The zero-order valence-corrected chi connectivity index (χ0v) is 34.6. The van der Waals surface area contributed by atoms with Crippen LogP contribution >= 0.6 is 0 Å². The van der Waals surface area contributed by atoms with Gasteiger partial charge in [-0.1, -0.05) is 24.3 Å². The summed E-state index contributed by atoms with van der Waals surface area (Å²) in [6, 6.07) is 34.0. The number of nitrogens with one attached hydrogen (secondary N) is 3. The molecule has 4 aromatic heterocycles. The van der Waals surface area contributed by atoms with Gasteiger partial charge >= 0.3 is 5.97 Å². The third-order valence-electron chi connectivity index (χ3n) is 10.3. The molecule has 18 heteroatoms. The minimum absolute atomic E-state index is 0.0527. The lowest BCUT2D eigenvalue weighted by molar-refractivity contribution is 0.0691. The Morgan fingerprint density at radius 2 is 1.31 bits per heavy atom. The summed E-state index contributed by atoms with van der Waals surface area (Å²) in [5.41, 5.74) is 6.25. The summed E-state index contributed by atoms with van der Waals surface area (Å²) in [6.07, 6.45) is 5.43. The number of hydrogen-bond acceptors (Lipinski definition) is 14. The van der Waals surface area contributed by atoms with Gasteiger partial charge in [0.1, 0.15) is 47.3 Å². The fraction of sp³-hybridized carbons (Fsp3) is 0.149. The van der Waals surface area contributed by atoms with Crippen molar-refractivity contribution in [1.82, 2.24) is 34.5 Å². The van der Waals surface area contributed by atoms with Crippen molar-refractivity contribution in [2.24, 2.45) is 0 Å². The molecule has 0 atom stereocenters. The molecule has 1 aliphatic carbocycles. The number of amides is 1. The van der Waals surface area contributed by atoms with Crippen LogP contribution in [0.25, 0.3) is 33.5 Å². The van der Waals surface area contributed by atoms with E-state index in [0.717, 1.165) is 29.5 Å². The normalized spacial score (nSPS) is 11.9. The van der Waals surface area contributed by atoms with Crippen molar-refractivity contribution in [2.45, 2.75) is 25.5 Å². The Bertz CT molecular complexity index is 3170. The number of nitriles is 2. The molecular formula is C47H37N11O7. The van der Waals surface area contributed by atoms with Crippen molar-refractivity contribution in [3.63, 3.8) is 0 Å². The smallest absolute Gasteiger partial charge is 0.339 e. The molecule has 0 unspecified atom stereocenters. The Balaban J connectivity index is 0.987. The highest BCUT2D eigenvalue weighted by atomic mass is 16.5. The predicted octanol–water partition coefficient (Wildman–Crippen LogP) is 7.58. The molecule has 9 rings (SSSR count).